The average Bonchev–Trinajstić information content (AvgIpc) is 3.01. The molecule has 0 bridgehead atoms. The monoisotopic (exact) mass is 360 g/mol. The molecule has 4 nitrogen and oxygen atoms in total. The second-order valence-corrected chi connectivity index (χ2v) is 6.72. The number of nitrogens with zero attached hydrogens (tertiary/aromatic N) is 2. The number of aromatic nitrogens is 2. The lowest BCUT2D eigenvalue weighted by Gasteiger charge is -2.11. The number of hydrogen-bond donors (Lipinski definition) is 2. The van der Waals surface area contributed by atoms with Gasteiger partial charge in [0.05, 0.1) is 0 Å². The lowest BCUT2D eigenvalue weighted by molar-refractivity contribution is 0.549. The van der Waals surface area contributed by atoms with Crippen LogP contribution in [0.25, 0.3) is 11.4 Å². The van der Waals surface area contributed by atoms with Crippen LogP contribution in [-0.2, 0) is 0 Å². The Morgan fingerprint density at radius 1 is 1.27 bits per heavy atom. The van der Waals surface area contributed by atoms with E-state index in [0.717, 1.165) is 52.9 Å². The lowest BCUT2D eigenvalue weighted by Crippen LogP contribution is -2.13. The molecule has 1 aliphatic heterocycles. The van der Waals surface area contributed by atoms with Gasteiger partial charge in [-0.25, -0.2) is 9.97 Å². The second-order valence-electron chi connectivity index (χ2n) is 5.80. The molecule has 0 aliphatic carbocycles. The first-order valence-electron chi connectivity index (χ1n) is 7.77. The van der Waals surface area contributed by atoms with Crippen molar-refractivity contribution in [2.24, 2.45) is 5.92 Å². The Morgan fingerprint density at radius 3 is 2.82 bits per heavy atom. The first-order valence-corrected chi connectivity index (χ1v) is 8.56. The van der Waals surface area contributed by atoms with E-state index in [0.29, 0.717) is 0 Å². The van der Waals surface area contributed by atoms with Crippen LogP contribution >= 0.6 is 15.9 Å². The number of nitrogens with one attached hydrogen (secondary N) is 2. The Balaban J connectivity index is 1.67. The third kappa shape index (κ3) is 4.05. The highest BCUT2D eigenvalue weighted by Gasteiger charge is 2.13. The minimum atomic E-state index is 0.775. The van der Waals surface area contributed by atoms with Crippen LogP contribution in [0.4, 0.5) is 5.82 Å². The summed E-state index contributed by atoms with van der Waals surface area (Å²) in [6, 6.07) is 10.1. The van der Waals surface area contributed by atoms with Crippen LogP contribution in [0, 0.1) is 12.8 Å². The van der Waals surface area contributed by atoms with Gasteiger partial charge in [-0.1, -0.05) is 28.1 Å². The van der Waals surface area contributed by atoms with Crippen molar-refractivity contribution in [1.82, 2.24) is 15.3 Å². The van der Waals surface area contributed by atoms with Gasteiger partial charge < -0.3 is 10.6 Å². The number of rotatable bonds is 5. The molecule has 0 radical (unpaired) electrons. The second kappa shape index (κ2) is 7.20. The molecule has 0 spiro atoms. The molecule has 2 aromatic rings. The van der Waals surface area contributed by atoms with Crippen molar-refractivity contribution in [2.75, 3.05) is 25.0 Å². The van der Waals surface area contributed by atoms with Gasteiger partial charge in [0.2, 0.25) is 0 Å². The van der Waals surface area contributed by atoms with Gasteiger partial charge in [0.15, 0.2) is 5.82 Å². The average molecular weight is 361 g/mol. The summed E-state index contributed by atoms with van der Waals surface area (Å²) < 4.78 is 1.06. The first kappa shape index (κ1) is 15.4. The molecule has 1 saturated heterocycles. The number of benzene rings is 1. The van der Waals surface area contributed by atoms with E-state index in [-0.39, 0.29) is 0 Å². The number of anilines is 1. The summed E-state index contributed by atoms with van der Waals surface area (Å²) in [4.78, 5) is 9.19. The van der Waals surface area contributed by atoms with Gasteiger partial charge in [-0.2, -0.15) is 0 Å². The molecule has 1 unspecified atom stereocenters. The summed E-state index contributed by atoms with van der Waals surface area (Å²) >= 11 is 3.46. The minimum absolute atomic E-state index is 0.775. The fourth-order valence-electron chi connectivity index (χ4n) is 2.75. The molecular formula is C17H21BrN4. The highest BCUT2D eigenvalue weighted by Crippen LogP contribution is 2.21. The molecule has 2 heterocycles. The zero-order chi connectivity index (χ0) is 15.4. The summed E-state index contributed by atoms with van der Waals surface area (Å²) in [5.41, 5.74) is 2.02. The molecule has 3 rings (SSSR count). The third-order valence-electron chi connectivity index (χ3n) is 3.98. The molecule has 1 fully saturated rings. The normalized spacial score (nSPS) is 17.6. The van der Waals surface area contributed by atoms with Gasteiger partial charge in [0.1, 0.15) is 5.82 Å². The van der Waals surface area contributed by atoms with Crippen LogP contribution in [0.3, 0.4) is 0 Å². The van der Waals surface area contributed by atoms with E-state index >= 15 is 0 Å². The Bertz CT molecular complexity index is 621. The van der Waals surface area contributed by atoms with Crippen molar-refractivity contribution in [2.45, 2.75) is 19.8 Å². The smallest absolute Gasteiger partial charge is 0.161 e. The first-order chi connectivity index (χ1) is 10.7. The molecule has 5 heteroatoms. The van der Waals surface area contributed by atoms with Gasteiger partial charge in [-0.05, 0) is 50.9 Å². The van der Waals surface area contributed by atoms with E-state index in [1.165, 1.54) is 12.8 Å². The molecule has 1 atom stereocenters. The number of hydrogen-bond acceptors (Lipinski definition) is 4. The third-order valence-corrected chi connectivity index (χ3v) is 4.51. The van der Waals surface area contributed by atoms with Gasteiger partial charge in [-0.15, -0.1) is 0 Å². The van der Waals surface area contributed by atoms with Crippen molar-refractivity contribution in [3.05, 3.63) is 40.5 Å². The fraction of sp³-hybridized carbons (Fsp3) is 0.412. The maximum absolute atomic E-state index is 4.64. The van der Waals surface area contributed by atoms with Crippen molar-refractivity contribution < 1.29 is 0 Å². The van der Waals surface area contributed by atoms with Gasteiger partial charge in [-0.3, -0.25) is 0 Å². The van der Waals surface area contributed by atoms with Crippen LogP contribution in [-0.4, -0.2) is 29.6 Å². The minimum Gasteiger partial charge on any atom is -0.370 e. The van der Waals surface area contributed by atoms with Gasteiger partial charge >= 0.3 is 0 Å². The topological polar surface area (TPSA) is 49.8 Å². The quantitative estimate of drug-likeness (QED) is 0.854. The molecule has 22 heavy (non-hydrogen) atoms. The summed E-state index contributed by atoms with van der Waals surface area (Å²) in [7, 11) is 0. The largest absolute Gasteiger partial charge is 0.370 e. The standard InChI is InChI=1S/C17H21BrN4/c1-12-10-16(20-9-7-13-6-8-19-11-13)22-17(21-12)14-2-4-15(18)5-3-14/h2-5,10,13,19H,6-9,11H2,1H3,(H,20,21,22). The Morgan fingerprint density at radius 2 is 2.09 bits per heavy atom. The molecule has 1 aromatic heterocycles. The maximum atomic E-state index is 4.64. The molecular weight excluding hydrogens is 340 g/mol. The van der Waals surface area contributed by atoms with Crippen LogP contribution in [0.15, 0.2) is 34.8 Å². The predicted molar refractivity (Wildman–Crippen MR) is 94.0 cm³/mol. The molecule has 1 aromatic carbocycles. The molecule has 116 valence electrons. The van der Waals surface area contributed by atoms with E-state index in [9.17, 15) is 0 Å². The van der Waals surface area contributed by atoms with E-state index < -0.39 is 0 Å². The summed E-state index contributed by atoms with van der Waals surface area (Å²) in [6.07, 6.45) is 2.47. The highest BCUT2D eigenvalue weighted by molar-refractivity contribution is 9.10. The van der Waals surface area contributed by atoms with Gasteiger partial charge in [0.25, 0.3) is 0 Å². The zero-order valence-electron chi connectivity index (χ0n) is 12.8. The van der Waals surface area contributed by atoms with E-state index in [1.54, 1.807) is 0 Å². The summed E-state index contributed by atoms with van der Waals surface area (Å²) in [5.74, 6) is 2.48. The van der Waals surface area contributed by atoms with Crippen LogP contribution < -0.4 is 10.6 Å². The van der Waals surface area contributed by atoms with Crippen molar-refractivity contribution in [3.8, 4) is 11.4 Å². The van der Waals surface area contributed by atoms with Crippen molar-refractivity contribution in [1.29, 1.82) is 0 Å². The van der Waals surface area contributed by atoms with Crippen LogP contribution in [0.5, 0.6) is 0 Å². The number of aryl methyl sites for hydroxylation is 1. The van der Waals surface area contributed by atoms with Crippen LogP contribution in [0.2, 0.25) is 0 Å². The van der Waals surface area contributed by atoms with E-state index in [4.69, 9.17) is 0 Å². The van der Waals surface area contributed by atoms with Crippen LogP contribution in [0.1, 0.15) is 18.5 Å². The summed E-state index contributed by atoms with van der Waals surface area (Å²) in [5, 5.41) is 6.85. The maximum Gasteiger partial charge on any atom is 0.161 e. The molecule has 1 aliphatic rings. The molecule has 0 amide bonds. The van der Waals surface area contributed by atoms with Crippen molar-refractivity contribution >= 4 is 21.7 Å². The fourth-order valence-corrected chi connectivity index (χ4v) is 3.02. The van der Waals surface area contributed by atoms with E-state index in [2.05, 4.69) is 36.5 Å². The lowest BCUT2D eigenvalue weighted by atomic mass is 10.1. The van der Waals surface area contributed by atoms with Gasteiger partial charge in [0, 0.05) is 28.3 Å². The van der Waals surface area contributed by atoms with E-state index in [1.807, 2.05) is 37.3 Å². The van der Waals surface area contributed by atoms with Crippen molar-refractivity contribution in [3.63, 3.8) is 0 Å². The Hall–Kier alpha value is -1.46. The number of halogens is 1. The SMILES string of the molecule is Cc1cc(NCCC2CCNC2)nc(-c2ccc(Br)cc2)n1. The highest BCUT2D eigenvalue weighted by atomic mass is 79.9. The Labute approximate surface area is 139 Å². The predicted octanol–water partition coefficient (Wildman–Crippen LogP) is 3.63. The molecule has 2 N–H and O–H groups in total. The Kier molecular flexibility index (Phi) is 5.05. The zero-order valence-corrected chi connectivity index (χ0v) is 14.4. The molecule has 0 saturated carbocycles. The summed E-state index contributed by atoms with van der Waals surface area (Å²) in [6.45, 7) is 5.28.